The fraction of sp³-hybridized carbons (Fsp3) is 0.143. The van der Waals surface area contributed by atoms with Crippen LogP contribution in [0.1, 0.15) is 25.3 Å². The molecule has 0 fully saturated rings. The van der Waals surface area contributed by atoms with E-state index in [-0.39, 0.29) is 26.8 Å². The van der Waals surface area contributed by atoms with Gasteiger partial charge in [-0.05, 0) is 30.2 Å². The number of aromatic hydroxyl groups is 1. The summed E-state index contributed by atoms with van der Waals surface area (Å²) < 4.78 is 2.03. The molecular weight excluding hydrogens is 589 g/mol. The van der Waals surface area contributed by atoms with Crippen molar-refractivity contribution in [3.05, 3.63) is 90.6 Å². The van der Waals surface area contributed by atoms with Crippen LogP contribution in [0.15, 0.2) is 79.0 Å². The van der Waals surface area contributed by atoms with E-state index in [4.69, 9.17) is 4.98 Å². The maximum absolute atomic E-state index is 10.4. The van der Waals surface area contributed by atoms with Gasteiger partial charge in [-0.3, -0.25) is 4.98 Å². The Kier molecular flexibility index (Phi) is 6.48. The molecule has 5 aromatic rings. The van der Waals surface area contributed by atoms with Gasteiger partial charge in [0.05, 0.1) is 16.6 Å². The molecule has 0 saturated carbocycles. The van der Waals surface area contributed by atoms with Crippen LogP contribution in [-0.4, -0.2) is 19.6 Å². The van der Waals surface area contributed by atoms with Gasteiger partial charge < -0.3 is 9.67 Å². The summed E-state index contributed by atoms with van der Waals surface area (Å²) in [7, 11) is 1.98. The summed E-state index contributed by atoms with van der Waals surface area (Å²) in [6.07, 6.45) is 1.81. The number of pyridine rings is 1. The van der Waals surface area contributed by atoms with Gasteiger partial charge in [-0.2, -0.15) is 0 Å². The third-order valence-electron chi connectivity index (χ3n) is 5.85. The molecule has 5 rings (SSSR count). The van der Waals surface area contributed by atoms with Gasteiger partial charge in [0.1, 0.15) is 11.6 Å². The van der Waals surface area contributed by atoms with Crippen molar-refractivity contribution < 1.29 is 26.2 Å². The fourth-order valence-corrected chi connectivity index (χ4v) is 4.07. The van der Waals surface area contributed by atoms with Crippen molar-refractivity contribution in [1.29, 1.82) is 0 Å². The van der Waals surface area contributed by atoms with Crippen molar-refractivity contribution in [3.63, 3.8) is 0 Å². The van der Waals surface area contributed by atoms with E-state index in [1.165, 1.54) is 5.56 Å². The second-order valence-electron chi connectivity index (χ2n) is 8.30. The van der Waals surface area contributed by atoms with Crippen LogP contribution in [-0.2, 0) is 28.1 Å². The maximum atomic E-state index is 10.4. The van der Waals surface area contributed by atoms with Gasteiger partial charge in [-0.15, -0.1) is 29.3 Å². The summed E-state index contributed by atoms with van der Waals surface area (Å²) in [4.78, 5) is 9.50. The fourth-order valence-electron chi connectivity index (χ4n) is 4.07. The first kappa shape index (κ1) is 22.9. The molecule has 0 aliphatic carbocycles. The van der Waals surface area contributed by atoms with Crippen molar-refractivity contribution in [3.8, 4) is 39.5 Å². The maximum Gasteiger partial charge on any atom is 0.143 e. The Balaban J connectivity index is 0.00000259. The largest absolute Gasteiger partial charge is 0.507 e. The van der Waals surface area contributed by atoms with Crippen LogP contribution in [0.2, 0.25) is 0 Å². The van der Waals surface area contributed by atoms with Gasteiger partial charge >= 0.3 is 0 Å². The van der Waals surface area contributed by atoms with Crippen LogP contribution in [0.4, 0.5) is 0 Å². The molecule has 1 N–H and O–H groups in total. The summed E-state index contributed by atoms with van der Waals surface area (Å²) in [6.45, 7) is 4.39. The molecule has 2 aromatic heterocycles. The monoisotopic (exact) mass is 613 g/mol. The molecule has 3 aromatic carbocycles. The number of nitrogens with zero attached hydrogens (tertiary/aromatic N) is 3. The van der Waals surface area contributed by atoms with E-state index >= 15 is 0 Å². The number of phenols is 1. The number of hydrogen-bond donors (Lipinski definition) is 1. The van der Waals surface area contributed by atoms with Gasteiger partial charge in [0.15, 0.2) is 0 Å². The summed E-state index contributed by atoms with van der Waals surface area (Å²) in [5.74, 6) is 1.32. The minimum atomic E-state index is 0. The van der Waals surface area contributed by atoms with E-state index in [0.29, 0.717) is 11.5 Å². The zero-order valence-corrected chi connectivity index (χ0v) is 21.0. The molecule has 2 heterocycles. The molecule has 5 heteroatoms. The minimum Gasteiger partial charge on any atom is -0.507 e. The van der Waals surface area contributed by atoms with E-state index in [0.717, 1.165) is 39.2 Å². The van der Waals surface area contributed by atoms with Crippen LogP contribution in [0, 0.1) is 6.07 Å². The number of fused-ring (bicyclic) bond motifs is 1. The first-order chi connectivity index (χ1) is 15.5. The average molecular weight is 614 g/mol. The third kappa shape index (κ3) is 4.23. The van der Waals surface area contributed by atoms with E-state index in [9.17, 15) is 5.11 Å². The van der Waals surface area contributed by atoms with Crippen molar-refractivity contribution in [1.82, 2.24) is 14.5 Å². The summed E-state index contributed by atoms with van der Waals surface area (Å²) >= 11 is 0. The molecule has 0 atom stereocenters. The van der Waals surface area contributed by atoms with Crippen molar-refractivity contribution in [2.75, 3.05) is 0 Å². The number of aryl methyl sites for hydroxylation is 1. The molecular formula is C28H24N3OPt-. The minimum absolute atomic E-state index is 0. The normalized spacial score (nSPS) is 11.0. The molecule has 0 spiro atoms. The van der Waals surface area contributed by atoms with Gasteiger partial charge in [-0.1, -0.05) is 61.4 Å². The van der Waals surface area contributed by atoms with Gasteiger partial charge in [0.25, 0.3) is 0 Å². The van der Waals surface area contributed by atoms with Crippen LogP contribution < -0.4 is 0 Å². The second kappa shape index (κ2) is 9.33. The van der Waals surface area contributed by atoms with Crippen molar-refractivity contribution in [2.24, 2.45) is 7.05 Å². The Bertz CT molecular complexity index is 1420. The summed E-state index contributed by atoms with van der Waals surface area (Å²) in [5, 5.41) is 10.4. The van der Waals surface area contributed by atoms with E-state index < -0.39 is 0 Å². The molecule has 33 heavy (non-hydrogen) atoms. The van der Waals surface area contributed by atoms with Gasteiger partial charge in [0, 0.05) is 40.0 Å². The number of benzene rings is 3. The molecule has 0 amide bonds. The summed E-state index contributed by atoms with van der Waals surface area (Å²) in [5.41, 5.74) is 7.71. The Hall–Kier alpha value is -3.23. The Morgan fingerprint density at radius 2 is 1.61 bits per heavy atom. The number of imidazole rings is 1. The number of para-hydroxylation sites is 2. The summed E-state index contributed by atoms with van der Waals surface area (Å²) in [6, 6.07) is 27.4. The number of hydrogen-bond acceptors (Lipinski definition) is 3. The number of rotatable bonds is 4. The predicted molar refractivity (Wildman–Crippen MR) is 129 cm³/mol. The first-order valence-electron chi connectivity index (χ1n) is 10.8. The number of phenolic OH excluding ortho intramolecular Hbond substituents is 1. The smallest absolute Gasteiger partial charge is 0.143 e. The molecule has 0 bridgehead atoms. The SMILES string of the molecule is CC(C)c1cc(-c2ccccn2)[c-]c(-c2cccc3c2nc(-c2ccccc2O)n3C)c1.[Pt]. The van der Waals surface area contributed by atoms with Crippen molar-refractivity contribution in [2.45, 2.75) is 19.8 Å². The Morgan fingerprint density at radius 3 is 2.33 bits per heavy atom. The van der Waals surface area contributed by atoms with Crippen LogP contribution in [0.25, 0.3) is 44.8 Å². The molecule has 168 valence electrons. The van der Waals surface area contributed by atoms with Gasteiger partial charge in [-0.25, -0.2) is 4.98 Å². The number of aromatic nitrogens is 3. The van der Waals surface area contributed by atoms with Crippen LogP contribution >= 0.6 is 0 Å². The molecule has 0 unspecified atom stereocenters. The quantitative estimate of drug-likeness (QED) is 0.233. The van der Waals surface area contributed by atoms with Gasteiger partial charge in [0.2, 0.25) is 0 Å². The van der Waals surface area contributed by atoms with E-state index in [1.807, 2.05) is 60.3 Å². The zero-order valence-electron chi connectivity index (χ0n) is 18.7. The molecule has 0 aliphatic rings. The molecule has 0 saturated heterocycles. The zero-order chi connectivity index (χ0) is 22.2. The van der Waals surface area contributed by atoms with Crippen molar-refractivity contribution >= 4 is 11.0 Å². The van der Waals surface area contributed by atoms with Crippen LogP contribution in [0.3, 0.4) is 0 Å². The van der Waals surface area contributed by atoms with E-state index in [1.54, 1.807) is 6.07 Å². The second-order valence-corrected chi connectivity index (χ2v) is 8.30. The Morgan fingerprint density at radius 1 is 0.879 bits per heavy atom. The van der Waals surface area contributed by atoms with Crippen LogP contribution in [0.5, 0.6) is 5.75 Å². The molecule has 4 nitrogen and oxygen atoms in total. The third-order valence-corrected chi connectivity index (χ3v) is 5.85. The molecule has 0 radical (unpaired) electrons. The topological polar surface area (TPSA) is 50.9 Å². The predicted octanol–water partition coefficient (Wildman–Crippen LogP) is 6.60. The molecule has 0 aliphatic heterocycles. The standard InChI is InChI=1S/C28H24N3O.Pt/c1-18(2)19-15-20(17-21(16-19)24-11-6-7-14-29-24)22-10-8-12-25-27(22)30-28(31(25)3)23-9-4-5-13-26(23)32;/h4-16,18,32H,1-3H3;/q-1;. The Labute approximate surface area is 208 Å². The average Bonchev–Trinajstić information content (AvgIpc) is 3.16. The van der Waals surface area contributed by atoms with E-state index in [2.05, 4.69) is 49.2 Å². The first-order valence-corrected chi connectivity index (χ1v) is 10.8.